The number of alkyl halides is 3. The summed E-state index contributed by atoms with van der Waals surface area (Å²) in [5, 5.41) is 17.5. The van der Waals surface area contributed by atoms with E-state index in [1.165, 1.54) is 35.1 Å². The van der Waals surface area contributed by atoms with Gasteiger partial charge in [0.2, 0.25) is 5.88 Å². The molecular weight excluding hydrogens is 1480 g/mol. The van der Waals surface area contributed by atoms with Gasteiger partial charge in [0, 0.05) is 17.3 Å². The third-order valence-corrected chi connectivity index (χ3v) is 30.3. The molecule has 4 atom stereocenters. The van der Waals surface area contributed by atoms with Crippen LogP contribution in [0.25, 0.3) is 0 Å². The van der Waals surface area contributed by atoms with Gasteiger partial charge < -0.3 is 19.3 Å². The van der Waals surface area contributed by atoms with Crippen molar-refractivity contribution in [2.24, 2.45) is 5.92 Å². The average molecular weight is 1570 g/mol. The number of hydrogen-bond donors (Lipinski definition) is 1. The van der Waals surface area contributed by atoms with Crippen molar-refractivity contribution in [2.75, 3.05) is 29.3 Å². The van der Waals surface area contributed by atoms with E-state index in [1.54, 1.807) is 122 Å². The summed E-state index contributed by atoms with van der Waals surface area (Å²) in [7, 11) is -15.5. The van der Waals surface area contributed by atoms with Crippen molar-refractivity contribution in [1.29, 1.82) is 5.26 Å². The number of para-hydroxylation sites is 1. The number of aliphatic hydroxyl groups excluding tert-OH is 1. The Morgan fingerprint density at radius 3 is 1.56 bits per heavy atom. The molecule has 1 aromatic heterocycles. The van der Waals surface area contributed by atoms with E-state index >= 15 is 0 Å². The summed E-state index contributed by atoms with van der Waals surface area (Å²) in [5.74, 6) is 3.08. The summed E-state index contributed by atoms with van der Waals surface area (Å²) >= 11 is 6.05. The number of benzene rings is 7. The van der Waals surface area contributed by atoms with Crippen LogP contribution in [0.4, 0.5) is 13.2 Å². The highest BCUT2D eigenvalue weighted by molar-refractivity contribution is 7.93. The van der Waals surface area contributed by atoms with E-state index in [4.69, 9.17) is 31.1 Å². The smallest absolute Gasteiger partial charge is 0.433 e. The quantitative estimate of drug-likeness (QED) is 0.0624. The van der Waals surface area contributed by atoms with Gasteiger partial charge in [-0.25, -0.2) is 47.1 Å². The lowest BCUT2D eigenvalue weighted by atomic mass is 9.98. The minimum atomic E-state index is -4.54. The molecule has 0 spiro atoms. The van der Waals surface area contributed by atoms with Gasteiger partial charge in [0.1, 0.15) is 41.4 Å². The summed E-state index contributed by atoms with van der Waals surface area (Å²) in [6.07, 6.45) is 3.85. The molecule has 0 fully saturated rings. The van der Waals surface area contributed by atoms with Crippen molar-refractivity contribution >= 4 is 60.8 Å². The summed E-state index contributed by atoms with van der Waals surface area (Å²) < 4.78 is 177. The van der Waals surface area contributed by atoms with E-state index in [1.807, 2.05) is 54.6 Å². The zero-order valence-corrected chi connectivity index (χ0v) is 65.8. The first-order chi connectivity index (χ1) is 49.8. The molecule has 3 unspecified atom stereocenters. The van der Waals surface area contributed by atoms with Gasteiger partial charge in [0.25, 0.3) is 0 Å². The molecular formula is C81H92ClF3N2O14S5. The first-order valence-corrected chi connectivity index (χ1v) is 44.5. The molecule has 0 saturated carbocycles. The van der Waals surface area contributed by atoms with Crippen molar-refractivity contribution in [3.05, 3.63) is 241 Å². The largest absolute Gasteiger partial charge is 0.488 e. The SMILES string of the molecule is CC(C)S(=O)(=O)CC1CCc2cc(COc3ccccc3C#N)ccc21.CC(C)S(=O)(=O)CC1CCc2cc(Cc3cccc(S(C)(=O)=O)c3)ccc21.CC(C)S(=O)(=O)CC1CCc2cc(Oc3cccc(C(F)(F)F)n3)ccc21.CC(C)S(=O)(=O)C[C@H]1Cc2ccc(Oc3cc(Cl)cc(CO)c3)cc2C1. The van der Waals surface area contributed by atoms with Crippen LogP contribution < -0.4 is 14.2 Å². The van der Waals surface area contributed by atoms with Gasteiger partial charge in [-0.2, -0.15) is 18.4 Å². The van der Waals surface area contributed by atoms with Crippen molar-refractivity contribution in [1.82, 2.24) is 4.98 Å². The van der Waals surface area contributed by atoms with Crippen LogP contribution in [0.15, 0.2) is 163 Å². The number of sulfone groups is 5. The Kier molecular flexibility index (Phi) is 27.0. The molecule has 568 valence electrons. The van der Waals surface area contributed by atoms with Gasteiger partial charge in [0.15, 0.2) is 49.2 Å². The van der Waals surface area contributed by atoms with Crippen LogP contribution in [0.1, 0.15) is 170 Å². The number of ether oxygens (including phenoxy) is 3. The summed E-state index contributed by atoms with van der Waals surface area (Å²) in [6, 6.07) is 48.4. The highest BCUT2D eigenvalue weighted by Crippen LogP contribution is 2.41. The monoisotopic (exact) mass is 1570 g/mol. The molecule has 106 heavy (non-hydrogen) atoms. The topological polar surface area (TPSA) is 255 Å². The second-order valence-corrected chi connectivity index (χ2v) is 41.7. The molecule has 16 nitrogen and oxygen atoms in total. The molecule has 25 heteroatoms. The Balaban J connectivity index is 0.000000163. The summed E-state index contributed by atoms with van der Waals surface area (Å²) in [4.78, 5) is 3.82. The number of hydrogen-bond acceptors (Lipinski definition) is 16. The number of nitriles is 1. The zero-order chi connectivity index (χ0) is 77.3. The standard InChI is InChI=1S/C21H23NO3S.C21H26O4S2.C20H23ClO4S.C19H20F3NO3S/c1-15(2)26(23,24)14-19-9-8-17-11-16(7-10-20(17)19)13-25-21-6-4-3-5-18(21)12-22;1-15(2)27(24,25)14-19-9-8-18-12-17(7-10-21(18)19)11-16-5-4-6-20(13-16)26(3,22)23;1-13(2)26(23,24)12-15-5-16-3-4-19(9-17(16)6-15)25-20-8-14(11-22)7-18(21)10-20;1-12(2)27(24,25)11-14-7-6-13-10-15(8-9-16(13)14)26-18-5-3-4-17(23-18)19(20,21)22/h3-7,10-11,15,19H,8-9,13-14H2,1-2H3;4-7,10,12-13,15,19H,8-9,11,14H2,1-3H3;3-4,7-10,13,15,22H,5-6,11-12H2,1-2H3;3-5,8-10,12,14H,6-7,11H2,1-2H3/t;;15-;/m..0./s1. The fraction of sp³-hybridized carbons (Fsp3) is 0.407. The molecule has 12 rings (SSSR count). The number of halogens is 4. The van der Waals surface area contributed by atoms with E-state index in [-0.39, 0.29) is 74.9 Å². The molecule has 0 radical (unpaired) electrons. The Morgan fingerprint density at radius 1 is 0.509 bits per heavy atom. The highest BCUT2D eigenvalue weighted by atomic mass is 35.5. The minimum Gasteiger partial charge on any atom is -0.488 e. The van der Waals surface area contributed by atoms with Crippen molar-refractivity contribution in [3.8, 4) is 34.9 Å². The molecule has 4 aliphatic rings. The van der Waals surface area contributed by atoms with E-state index in [0.717, 1.165) is 95.5 Å². The number of aromatic nitrogens is 1. The lowest BCUT2D eigenvalue weighted by molar-refractivity contribution is -0.141. The van der Waals surface area contributed by atoms with Gasteiger partial charge >= 0.3 is 6.18 Å². The van der Waals surface area contributed by atoms with E-state index in [2.05, 4.69) is 29.3 Å². The second-order valence-electron chi connectivity index (χ2n) is 28.9. The van der Waals surface area contributed by atoms with Crippen LogP contribution in [0.3, 0.4) is 0 Å². The van der Waals surface area contributed by atoms with Crippen molar-refractivity contribution in [3.63, 3.8) is 0 Å². The highest BCUT2D eigenvalue weighted by Gasteiger charge is 2.35. The molecule has 1 heterocycles. The lowest BCUT2D eigenvalue weighted by Gasteiger charge is -2.15. The third-order valence-electron chi connectivity index (χ3n) is 19.7. The van der Waals surface area contributed by atoms with Crippen LogP contribution in [-0.2, 0) is 107 Å². The zero-order valence-electron chi connectivity index (χ0n) is 60.9. The molecule has 0 aliphatic heterocycles. The van der Waals surface area contributed by atoms with Gasteiger partial charge in [-0.3, -0.25) is 0 Å². The maximum atomic E-state index is 12.8. The predicted octanol–water partition coefficient (Wildman–Crippen LogP) is 16.4. The van der Waals surface area contributed by atoms with Crippen molar-refractivity contribution in [2.45, 2.75) is 176 Å². The maximum absolute atomic E-state index is 12.8. The predicted molar refractivity (Wildman–Crippen MR) is 410 cm³/mol. The van der Waals surface area contributed by atoms with Crippen LogP contribution in [0.2, 0.25) is 5.02 Å². The van der Waals surface area contributed by atoms with Crippen molar-refractivity contribution < 1.29 is 74.6 Å². The number of aliphatic hydroxyl groups is 1. The number of nitrogens with zero attached hydrogens (tertiary/aromatic N) is 2. The Morgan fingerprint density at radius 2 is 1.00 bits per heavy atom. The normalized spacial score (nSPS) is 16.9. The van der Waals surface area contributed by atoms with Crippen LogP contribution in [0, 0.1) is 17.2 Å². The number of fused-ring (bicyclic) bond motifs is 4. The Labute approximate surface area is 628 Å². The third kappa shape index (κ3) is 22.1. The minimum absolute atomic E-state index is 0.0619. The number of aryl methyl sites for hydroxylation is 3. The molecule has 0 amide bonds. The number of rotatable bonds is 23. The number of pyridine rings is 1. The fourth-order valence-corrected chi connectivity index (χ4v) is 19.5. The van der Waals surface area contributed by atoms with Gasteiger partial charge in [-0.1, -0.05) is 90.5 Å². The first-order valence-electron chi connectivity index (χ1n) is 35.3. The van der Waals surface area contributed by atoms with E-state index in [9.17, 15) is 60.4 Å². The molecule has 1 N–H and O–H groups in total. The molecule has 0 bridgehead atoms. The molecule has 7 aromatic carbocycles. The Bertz CT molecular complexity index is 5120. The lowest BCUT2D eigenvalue weighted by Crippen LogP contribution is -2.23. The van der Waals surface area contributed by atoms with Gasteiger partial charge in [0.05, 0.1) is 61.1 Å². The second kappa shape index (κ2) is 34.7. The molecule has 0 saturated heterocycles. The first kappa shape index (κ1) is 82.4. The summed E-state index contributed by atoms with van der Waals surface area (Å²) in [5.41, 5.74) is 12.3. The van der Waals surface area contributed by atoms with Gasteiger partial charge in [-0.15, -0.1) is 0 Å². The van der Waals surface area contributed by atoms with Gasteiger partial charge in [-0.05, 0) is 276 Å². The maximum Gasteiger partial charge on any atom is 0.433 e. The van der Waals surface area contributed by atoms with E-state index in [0.29, 0.717) is 63.5 Å². The summed E-state index contributed by atoms with van der Waals surface area (Å²) in [6.45, 7) is 14.0. The van der Waals surface area contributed by atoms with E-state index < -0.39 is 66.3 Å². The van der Waals surface area contributed by atoms with Crippen LogP contribution in [0.5, 0.6) is 28.9 Å². The average Bonchev–Trinajstić information content (AvgIpc) is 1.67. The molecule has 4 aliphatic carbocycles. The Hall–Kier alpha value is -7.63. The fourth-order valence-electron chi connectivity index (χ4n) is 13.4. The molecule has 8 aromatic rings. The van der Waals surface area contributed by atoms with Crippen LogP contribution >= 0.6 is 11.6 Å². The van der Waals surface area contributed by atoms with Crippen LogP contribution in [-0.4, -0.2) is 102 Å².